The van der Waals surface area contributed by atoms with Crippen molar-refractivity contribution in [2.24, 2.45) is 5.14 Å². The van der Waals surface area contributed by atoms with Crippen LogP contribution in [-0.2, 0) is 10.0 Å². The summed E-state index contributed by atoms with van der Waals surface area (Å²) in [5.41, 5.74) is 7.80. The summed E-state index contributed by atoms with van der Waals surface area (Å²) >= 11 is 0. The molecule has 0 aromatic heterocycles. The van der Waals surface area contributed by atoms with Gasteiger partial charge in [-0.1, -0.05) is 12.1 Å². The van der Waals surface area contributed by atoms with Gasteiger partial charge in [0.15, 0.2) is 0 Å². The van der Waals surface area contributed by atoms with E-state index < -0.39 is 10.0 Å². The van der Waals surface area contributed by atoms with Gasteiger partial charge < -0.3 is 5.73 Å². The third kappa shape index (κ3) is 1.93. The van der Waals surface area contributed by atoms with Crippen molar-refractivity contribution in [1.29, 1.82) is 0 Å². The van der Waals surface area contributed by atoms with Gasteiger partial charge in [0, 0.05) is 0 Å². The SMILES string of the molecule is [NH]c1ccc2cc(S(N)(=O)=O)ccc2c1. The van der Waals surface area contributed by atoms with Gasteiger partial charge in [-0.2, -0.15) is 0 Å². The molecule has 1 radical (unpaired) electrons. The Labute approximate surface area is 87.6 Å². The van der Waals surface area contributed by atoms with E-state index in [-0.39, 0.29) is 4.90 Å². The third-order valence-corrected chi connectivity index (χ3v) is 3.05. The Morgan fingerprint density at radius 3 is 2.27 bits per heavy atom. The first-order valence-electron chi connectivity index (χ1n) is 4.25. The summed E-state index contributed by atoms with van der Waals surface area (Å²) < 4.78 is 22.2. The van der Waals surface area contributed by atoms with Gasteiger partial charge in [-0.25, -0.2) is 13.6 Å². The lowest BCUT2D eigenvalue weighted by Gasteiger charge is -2.01. The molecule has 2 aromatic carbocycles. The van der Waals surface area contributed by atoms with Crippen molar-refractivity contribution in [3.63, 3.8) is 0 Å². The Morgan fingerprint density at radius 1 is 1.00 bits per heavy atom. The van der Waals surface area contributed by atoms with Gasteiger partial charge in [0.2, 0.25) is 10.0 Å². The van der Waals surface area contributed by atoms with Crippen LogP contribution in [0.25, 0.3) is 10.8 Å². The molecule has 2 aromatic rings. The molecular formula is C10H9N2O2S. The van der Waals surface area contributed by atoms with E-state index in [1.807, 2.05) is 0 Å². The van der Waals surface area contributed by atoms with Crippen molar-refractivity contribution < 1.29 is 8.42 Å². The first-order chi connectivity index (χ1) is 6.97. The summed E-state index contributed by atoms with van der Waals surface area (Å²) in [6, 6.07) is 9.57. The van der Waals surface area contributed by atoms with E-state index in [9.17, 15) is 8.42 Å². The molecule has 0 saturated carbocycles. The van der Waals surface area contributed by atoms with Crippen LogP contribution in [0.5, 0.6) is 0 Å². The Kier molecular flexibility index (Phi) is 2.13. The molecule has 3 N–H and O–H groups in total. The van der Waals surface area contributed by atoms with Gasteiger partial charge in [0.1, 0.15) is 0 Å². The van der Waals surface area contributed by atoms with Gasteiger partial charge in [-0.15, -0.1) is 0 Å². The minimum atomic E-state index is -3.65. The number of hydrogen-bond acceptors (Lipinski definition) is 2. The first-order valence-corrected chi connectivity index (χ1v) is 5.80. The zero-order valence-electron chi connectivity index (χ0n) is 7.77. The molecular weight excluding hydrogens is 212 g/mol. The number of benzene rings is 2. The van der Waals surface area contributed by atoms with E-state index >= 15 is 0 Å². The minimum absolute atomic E-state index is 0.0905. The fourth-order valence-corrected chi connectivity index (χ4v) is 1.95. The van der Waals surface area contributed by atoms with Crippen LogP contribution in [0.4, 0.5) is 5.69 Å². The second-order valence-corrected chi connectivity index (χ2v) is 4.83. The summed E-state index contributed by atoms with van der Waals surface area (Å²) in [5, 5.41) is 6.60. The van der Waals surface area contributed by atoms with Crippen molar-refractivity contribution in [3.8, 4) is 0 Å². The van der Waals surface area contributed by atoms with Crippen LogP contribution in [0, 0.1) is 0 Å². The minimum Gasteiger partial charge on any atom is -0.301 e. The summed E-state index contributed by atoms with van der Waals surface area (Å²) in [5.74, 6) is 0. The molecule has 0 bridgehead atoms. The normalized spacial score (nSPS) is 11.8. The molecule has 0 fully saturated rings. The number of fused-ring (bicyclic) bond motifs is 1. The number of sulfonamides is 1. The molecule has 0 aliphatic rings. The van der Waals surface area contributed by atoms with Gasteiger partial charge >= 0.3 is 0 Å². The van der Waals surface area contributed by atoms with Crippen molar-refractivity contribution in [1.82, 2.24) is 5.73 Å². The van der Waals surface area contributed by atoms with Crippen LogP contribution in [-0.4, -0.2) is 8.42 Å². The maximum atomic E-state index is 11.1. The lowest BCUT2D eigenvalue weighted by molar-refractivity contribution is 0.598. The van der Waals surface area contributed by atoms with E-state index in [4.69, 9.17) is 10.9 Å². The molecule has 0 amide bonds. The average molecular weight is 221 g/mol. The highest BCUT2D eigenvalue weighted by Crippen LogP contribution is 2.21. The van der Waals surface area contributed by atoms with Crippen molar-refractivity contribution in [2.75, 3.05) is 0 Å². The maximum Gasteiger partial charge on any atom is 0.238 e. The Hall–Kier alpha value is -1.59. The standard InChI is InChI=1S/C10H9N2O2S/c11-9-3-1-8-6-10(15(12,13)14)4-2-7(8)5-9/h1-6,11H,(H2,12,13,14). The maximum absolute atomic E-state index is 11.1. The fraction of sp³-hybridized carbons (Fsp3) is 0. The Balaban J connectivity index is 2.73. The summed E-state index contributed by atoms with van der Waals surface area (Å²) in [6.45, 7) is 0. The van der Waals surface area contributed by atoms with E-state index in [2.05, 4.69) is 0 Å². The number of nitrogens with two attached hydrogens (primary N) is 1. The van der Waals surface area contributed by atoms with Crippen molar-refractivity contribution in [2.45, 2.75) is 4.90 Å². The molecule has 0 aliphatic carbocycles. The van der Waals surface area contributed by atoms with E-state index in [1.54, 1.807) is 24.3 Å². The van der Waals surface area contributed by atoms with E-state index in [0.29, 0.717) is 5.69 Å². The molecule has 0 saturated heterocycles. The Morgan fingerprint density at radius 2 is 1.60 bits per heavy atom. The van der Waals surface area contributed by atoms with Crippen molar-refractivity contribution in [3.05, 3.63) is 36.4 Å². The van der Waals surface area contributed by atoms with Gasteiger partial charge in [-0.3, -0.25) is 0 Å². The third-order valence-electron chi connectivity index (χ3n) is 2.14. The van der Waals surface area contributed by atoms with Gasteiger partial charge in [0.25, 0.3) is 0 Å². The zero-order valence-corrected chi connectivity index (χ0v) is 8.58. The zero-order chi connectivity index (χ0) is 11.1. The fourth-order valence-electron chi connectivity index (χ4n) is 1.40. The Bertz CT molecular complexity index is 620. The first kappa shape index (κ1) is 9.95. The van der Waals surface area contributed by atoms with E-state index in [1.165, 1.54) is 12.1 Å². The molecule has 15 heavy (non-hydrogen) atoms. The van der Waals surface area contributed by atoms with Crippen LogP contribution >= 0.6 is 0 Å². The number of rotatable bonds is 1. The molecule has 0 aliphatic heterocycles. The highest BCUT2D eigenvalue weighted by molar-refractivity contribution is 7.89. The molecule has 5 heteroatoms. The number of primary sulfonamides is 1. The lowest BCUT2D eigenvalue weighted by Crippen LogP contribution is -2.11. The molecule has 0 unspecified atom stereocenters. The smallest absolute Gasteiger partial charge is 0.238 e. The quantitative estimate of drug-likeness (QED) is 0.789. The molecule has 2 rings (SSSR count). The summed E-state index contributed by atoms with van der Waals surface area (Å²) in [4.78, 5) is 0.0905. The highest BCUT2D eigenvalue weighted by Gasteiger charge is 2.07. The topological polar surface area (TPSA) is 84.0 Å². The monoisotopic (exact) mass is 221 g/mol. The van der Waals surface area contributed by atoms with Gasteiger partial charge in [0.05, 0.1) is 10.6 Å². The second kappa shape index (κ2) is 3.22. The predicted octanol–water partition coefficient (Wildman–Crippen LogP) is 1.40. The van der Waals surface area contributed by atoms with Crippen LogP contribution in [0.3, 0.4) is 0 Å². The summed E-state index contributed by atoms with van der Waals surface area (Å²) in [7, 11) is -3.65. The second-order valence-electron chi connectivity index (χ2n) is 3.27. The van der Waals surface area contributed by atoms with E-state index in [0.717, 1.165) is 10.8 Å². The predicted molar refractivity (Wildman–Crippen MR) is 58.1 cm³/mol. The lowest BCUT2D eigenvalue weighted by atomic mass is 10.1. The number of hydrogen-bond donors (Lipinski definition) is 1. The van der Waals surface area contributed by atoms with Crippen LogP contribution in [0.2, 0.25) is 0 Å². The largest absolute Gasteiger partial charge is 0.301 e. The molecule has 0 heterocycles. The van der Waals surface area contributed by atoms with Crippen molar-refractivity contribution >= 4 is 26.5 Å². The molecule has 0 spiro atoms. The van der Waals surface area contributed by atoms with Crippen LogP contribution in [0.15, 0.2) is 41.3 Å². The molecule has 4 nitrogen and oxygen atoms in total. The van der Waals surface area contributed by atoms with Crippen LogP contribution < -0.4 is 10.9 Å². The van der Waals surface area contributed by atoms with Gasteiger partial charge in [-0.05, 0) is 35.0 Å². The highest BCUT2D eigenvalue weighted by atomic mass is 32.2. The van der Waals surface area contributed by atoms with Crippen LogP contribution in [0.1, 0.15) is 0 Å². The molecule has 0 atom stereocenters. The summed E-state index contributed by atoms with van der Waals surface area (Å²) in [6.07, 6.45) is 0. The average Bonchev–Trinajstić information content (AvgIpc) is 2.15. The molecule has 77 valence electrons. The number of nitrogens with one attached hydrogen (secondary N) is 1.